The maximum Gasteiger partial charge on any atom is 0.190 e. The lowest BCUT2D eigenvalue weighted by molar-refractivity contribution is -0.236. The van der Waals surface area contributed by atoms with Crippen LogP contribution in [-0.2, 0) is 33.2 Å². The van der Waals surface area contributed by atoms with Crippen LogP contribution in [-0.4, -0.2) is 75.3 Å². The van der Waals surface area contributed by atoms with E-state index in [9.17, 15) is 0 Å². The molecule has 3 rings (SSSR count). The minimum absolute atomic E-state index is 0.214. The molecule has 0 aliphatic carbocycles. The first kappa shape index (κ1) is 19.4. The third-order valence-electron chi connectivity index (χ3n) is 4.43. The Balaban J connectivity index is 1.57. The highest BCUT2D eigenvalue weighted by molar-refractivity contribution is 4.98. The minimum Gasteiger partial charge on any atom is -0.380 e. The zero-order valence-corrected chi connectivity index (χ0v) is 15.6. The van der Waals surface area contributed by atoms with Crippen LogP contribution in [0.1, 0.15) is 34.1 Å². The van der Waals surface area contributed by atoms with Crippen molar-refractivity contribution in [1.82, 2.24) is 0 Å². The summed E-state index contributed by atoms with van der Waals surface area (Å²) < 4.78 is 41.1. The molecule has 0 aromatic heterocycles. The molecule has 2 unspecified atom stereocenters. The summed E-state index contributed by atoms with van der Waals surface area (Å²) in [5.74, 6) is -1.30. The van der Waals surface area contributed by atoms with Crippen molar-refractivity contribution in [3.8, 4) is 0 Å². The minimum atomic E-state index is -0.682. The van der Waals surface area contributed by atoms with Crippen molar-refractivity contribution in [2.45, 2.75) is 76.4 Å². The third kappa shape index (κ3) is 4.70. The Bertz CT molecular complexity index is 445. The molecule has 0 radical (unpaired) electrons. The summed E-state index contributed by atoms with van der Waals surface area (Å²) in [6.45, 7) is 10.2. The van der Waals surface area contributed by atoms with Crippen molar-refractivity contribution in [3.05, 3.63) is 0 Å². The second-order valence-corrected chi connectivity index (χ2v) is 7.53. The van der Waals surface area contributed by atoms with Gasteiger partial charge in [0.05, 0.1) is 13.2 Å². The molecule has 3 aliphatic rings. The summed E-state index contributed by atoms with van der Waals surface area (Å²) >= 11 is 0. The van der Waals surface area contributed by atoms with Crippen molar-refractivity contribution in [3.63, 3.8) is 0 Å². The van der Waals surface area contributed by atoms with E-state index in [1.807, 2.05) is 27.7 Å². The number of hydrogen-bond donors (Lipinski definition) is 1. The smallest absolute Gasteiger partial charge is 0.190 e. The van der Waals surface area contributed by atoms with E-state index in [0.29, 0.717) is 33.0 Å². The molecule has 146 valence electrons. The molecular weight excluding hydrogens is 330 g/mol. The normalized spacial score (nSPS) is 39.0. The predicted molar refractivity (Wildman–Crippen MR) is 87.8 cm³/mol. The molecule has 0 aromatic rings. The third-order valence-corrected chi connectivity index (χ3v) is 4.43. The van der Waals surface area contributed by atoms with Gasteiger partial charge in [-0.05, 0) is 34.1 Å². The number of nitrogens with two attached hydrogens (primary N) is 1. The lowest BCUT2D eigenvalue weighted by Crippen LogP contribution is -2.44. The first-order chi connectivity index (χ1) is 11.8. The molecule has 0 spiro atoms. The van der Waals surface area contributed by atoms with E-state index in [-0.39, 0.29) is 24.4 Å². The molecule has 0 bridgehead atoms. The van der Waals surface area contributed by atoms with Crippen LogP contribution < -0.4 is 5.73 Å². The fourth-order valence-corrected chi connectivity index (χ4v) is 3.44. The van der Waals surface area contributed by atoms with E-state index in [2.05, 4.69) is 0 Å². The summed E-state index contributed by atoms with van der Waals surface area (Å²) in [6.07, 6.45) is -0.739. The summed E-state index contributed by atoms with van der Waals surface area (Å²) in [5.41, 5.74) is 5.41. The van der Waals surface area contributed by atoms with Gasteiger partial charge in [-0.1, -0.05) is 0 Å². The van der Waals surface area contributed by atoms with Gasteiger partial charge in [-0.25, -0.2) is 0 Å². The first-order valence-corrected chi connectivity index (χ1v) is 9.04. The molecule has 3 fully saturated rings. The largest absolute Gasteiger partial charge is 0.380 e. The predicted octanol–water partition coefficient (Wildman–Crippen LogP) is 0.765. The fraction of sp³-hybridized carbons (Fsp3) is 1.00. The van der Waals surface area contributed by atoms with E-state index in [0.717, 1.165) is 6.42 Å². The van der Waals surface area contributed by atoms with E-state index in [4.69, 9.17) is 38.9 Å². The van der Waals surface area contributed by atoms with Crippen LogP contribution in [0.4, 0.5) is 0 Å². The monoisotopic (exact) mass is 361 g/mol. The molecule has 0 aromatic carbocycles. The van der Waals surface area contributed by atoms with Crippen LogP contribution in [0, 0.1) is 0 Å². The molecule has 2 N–H and O–H groups in total. The van der Waals surface area contributed by atoms with Crippen molar-refractivity contribution in [2.75, 3.05) is 33.0 Å². The first-order valence-electron chi connectivity index (χ1n) is 9.04. The average Bonchev–Trinajstić information content (AvgIpc) is 3.13. The van der Waals surface area contributed by atoms with Gasteiger partial charge >= 0.3 is 0 Å². The topological polar surface area (TPSA) is 90.6 Å². The van der Waals surface area contributed by atoms with Crippen LogP contribution in [0.2, 0.25) is 0 Å². The molecular formula is C17H31NO7. The van der Waals surface area contributed by atoms with Crippen molar-refractivity contribution in [2.24, 2.45) is 5.73 Å². The molecule has 0 amide bonds. The molecule has 3 saturated heterocycles. The highest BCUT2D eigenvalue weighted by Crippen LogP contribution is 2.41. The van der Waals surface area contributed by atoms with E-state index < -0.39 is 17.9 Å². The summed E-state index contributed by atoms with van der Waals surface area (Å²) in [7, 11) is 0. The lowest BCUT2D eigenvalue weighted by atomic mass is 10.1. The maximum absolute atomic E-state index is 6.11. The maximum atomic E-state index is 6.11. The van der Waals surface area contributed by atoms with Gasteiger partial charge in [0.15, 0.2) is 17.9 Å². The van der Waals surface area contributed by atoms with Gasteiger partial charge in [0, 0.05) is 19.8 Å². The standard InChI is InChI=1S/C17H31NO7/c1-16(2)21-10-11(23-16)12-13(20-8-5-7-19-9-6-18)14-15(22-12)25-17(3,4)24-14/h11-15H,5-10,18H2,1-4H3/t11?,12-,13-,14?,15-/m1/s1. The Morgan fingerprint density at radius 2 is 1.76 bits per heavy atom. The molecule has 8 nitrogen and oxygen atoms in total. The van der Waals surface area contributed by atoms with Gasteiger partial charge < -0.3 is 38.9 Å². The Morgan fingerprint density at radius 3 is 2.44 bits per heavy atom. The Kier molecular flexibility index (Phi) is 6.02. The Hall–Kier alpha value is -0.320. The zero-order valence-electron chi connectivity index (χ0n) is 15.6. The van der Waals surface area contributed by atoms with Gasteiger partial charge in [0.2, 0.25) is 0 Å². The summed E-state index contributed by atoms with van der Waals surface area (Å²) in [6, 6.07) is 0. The van der Waals surface area contributed by atoms with Gasteiger partial charge in [0.1, 0.15) is 24.4 Å². The van der Waals surface area contributed by atoms with E-state index in [1.54, 1.807) is 0 Å². The quantitative estimate of drug-likeness (QED) is 0.634. The number of fused-ring (bicyclic) bond motifs is 1. The van der Waals surface area contributed by atoms with Gasteiger partial charge in [-0.3, -0.25) is 0 Å². The SMILES string of the molecule is CC1(C)OCC([C@H]2O[C@@H]3OC(C)(C)OC3[C@@H]2OCCCOCCN)O1. The van der Waals surface area contributed by atoms with Crippen molar-refractivity contribution in [1.29, 1.82) is 0 Å². The van der Waals surface area contributed by atoms with Gasteiger partial charge in [0.25, 0.3) is 0 Å². The number of ether oxygens (including phenoxy) is 7. The van der Waals surface area contributed by atoms with Crippen molar-refractivity contribution < 1.29 is 33.2 Å². The highest BCUT2D eigenvalue weighted by atomic mass is 16.8. The van der Waals surface area contributed by atoms with E-state index >= 15 is 0 Å². The number of hydrogen-bond acceptors (Lipinski definition) is 8. The van der Waals surface area contributed by atoms with E-state index in [1.165, 1.54) is 0 Å². The van der Waals surface area contributed by atoms with Crippen LogP contribution in [0.15, 0.2) is 0 Å². The highest BCUT2D eigenvalue weighted by Gasteiger charge is 2.58. The Morgan fingerprint density at radius 1 is 0.960 bits per heavy atom. The van der Waals surface area contributed by atoms with Gasteiger partial charge in [-0.15, -0.1) is 0 Å². The molecule has 5 atom stereocenters. The fourth-order valence-electron chi connectivity index (χ4n) is 3.44. The zero-order chi connectivity index (χ0) is 18.1. The van der Waals surface area contributed by atoms with Crippen LogP contribution in [0.5, 0.6) is 0 Å². The summed E-state index contributed by atoms with van der Waals surface area (Å²) in [4.78, 5) is 0. The molecule has 25 heavy (non-hydrogen) atoms. The molecule has 8 heteroatoms. The average molecular weight is 361 g/mol. The molecule has 3 aliphatic heterocycles. The van der Waals surface area contributed by atoms with Crippen LogP contribution >= 0.6 is 0 Å². The van der Waals surface area contributed by atoms with Crippen molar-refractivity contribution >= 4 is 0 Å². The van der Waals surface area contributed by atoms with Crippen LogP contribution in [0.25, 0.3) is 0 Å². The second-order valence-electron chi connectivity index (χ2n) is 7.53. The van der Waals surface area contributed by atoms with Gasteiger partial charge in [-0.2, -0.15) is 0 Å². The lowest BCUT2D eigenvalue weighted by Gasteiger charge is -2.29. The molecule has 0 saturated carbocycles. The Labute approximate surface area is 149 Å². The number of rotatable bonds is 8. The van der Waals surface area contributed by atoms with Crippen LogP contribution in [0.3, 0.4) is 0 Å². The second kappa shape index (κ2) is 7.74. The summed E-state index contributed by atoms with van der Waals surface area (Å²) in [5, 5.41) is 0. The molecule has 3 heterocycles.